The number of rotatable bonds is 7. The summed E-state index contributed by atoms with van der Waals surface area (Å²) in [4.78, 5) is 32.9. The van der Waals surface area contributed by atoms with E-state index in [9.17, 15) is 14.4 Å². The summed E-state index contributed by atoms with van der Waals surface area (Å²) in [6.07, 6.45) is 0.829. The van der Waals surface area contributed by atoms with Gasteiger partial charge in [0.15, 0.2) is 0 Å². The number of carboxylic acids is 1. The van der Waals surface area contributed by atoms with Crippen LogP contribution in [0.1, 0.15) is 27.2 Å². The number of hydrogen-bond donors (Lipinski definition) is 4. The Morgan fingerprint density at radius 1 is 1.17 bits per heavy atom. The Morgan fingerprint density at radius 3 is 2.28 bits per heavy atom. The smallest absolute Gasteiger partial charge is 0.321 e. The van der Waals surface area contributed by atoms with Gasteiger partial charge in [0.1, 0.15) is 6.04 Å². The van der Waals surface area contributed by atoms with Gasteiger partial charge in [0.05, 0.1) is 6.54 Å². The molecule has 18 heavy (non-hydrogen) atoms. The van der Waals surface area contributed by atoms with E-state index in [1.54, 1.807) is 0 Å². The van der Waals surface area contributed by atoms with Crippen molar-refractivity contribution in [3.63, 3.8) is 0 Å². The molecule has 0 heterocycles. The highest BCUT2D eigenvalue weighted by molar-refractivity contribution is 5.95. The van der Waals surface area contributed by atoms with Gasteiger partial charge in [0, 0.05) is 6.54 Å². The van der Waals surface area contributed by atoms with Crippen LogP contribution in [0.4, 0.5) is 4.79 Å². The fourth-order valence-electron chi connectivity index (χ4n) is 1.02. The van der Waals surface area contributed by atoms with E-state index in [0.29, 0.717) is 12.5 Å². The molecule has 0 rings (SSSR count). The van der Waals surface area contributed by atoms with E-state index >= 15 is 0 Å². The van der Waals surface area contributed by atoms with Crippen LogP contribution in [0.3, 0.4) is 0 Å². The molecule has 0 aromatic heterocycles. The van der Waals surface area contributed by atoms with Crippen LogP contribution in [0.5, 0.6) is 0 Å². The predicted octanol–water partition coefficient (Wildman–Crippen LogP) is -0.0790. The third kappa shape index (κ3) is 8.51. The van der Waals surface area contributed by atoms with E-state index in [4.69, 9.17) is 5.11 Å². The number of urea groups is 1. The van der Waals surface area contributed by atoms with Gasteiger partial charge in [-0.25, -0.2) is 4.79 Å². The van der Waals surface area contributed by atoms with Gasteiger partial charge in [-0.2, -0.15) is 0 Å². The molecular formula is C11H21N3O4. The Balaban J connectivity index is 3.74. The van der Waals surface area contributed by atoms with Crippen LogP contribution in [0, 0.1) is 5.92 Å². The number of imide groups is 1. The zero-order valence-electron chi connectivity index (χ0n) is 10.9. The summed E-state index contributed by atoms with van der Waals surface area (Å²) in [6, 6.07) is -1.40. The van der Waals surface area contributed by atoms with Crippen molar-refractivity contribution in [3.8, 4) is 0 Å². The lowest BCUT2D eigenvalue weighted by Crippen LogP contribution is -2.46. The van der Waals surface area contributed by atoms with Gasteiger partial charge in [-0.1, -0.05) is 13.8 Å². The van der Waals surface area contributed by atoms with Crippen molar-refractivity contribution in [2.45, 2.75) is 33.2 Å². The van der Waals surface area contributed by atoms with E-state index in [-0.39, 0.29) is 6.54 Å². The first-order chi connectivity index (χ1) is 8.32. The maximum Gasteiger partial charge on any atom is 0.321 e. The molecule has 3 amide bonds. The quantitative estimate of drug-likeness (QED) is 0.511. The molecule has 104 valence electrons. The molecule has 0 bridgehead atoms. The molecule has 0 aromatic rings. The molecule has 0 aliphatic carbocycles. The van der Waals surface area contributed by atoms with Gasteiger partial charge in [-0.05, 0) is 19.3 Å². The zero-order chi connectivity index (χ0) is 14.1. The summed E-state index contributed by atoms with van der Waals surface area (Å²) >= 11 is 0. The second-order valence-electron chi connectivity index (χ2n) is 4.43. The second kappa shape index (κ2) is 8.46. The Kier molecular flexibility index (Phi) is 7.69. The molecule has 1 atom stereocenters. The normalized spacial score (nSPS) is 12.0. The molecular weight excluding hydrogens is 238 g/mol. The summed E-state index contributed by atoms with van der Waals surface area (Å²) in [7, 11) is 0. The molecule has 7 heteroatoms. The Bertz CT molecular complexity index is 305. The van der Waals surface area contributed by atoms with Crippen LogP contribution in [0.2, 0.25) is 0 Å². The topological polar surface area (TPSA) is 108 Å². The monoisotopic (exact) mass is 259 g/mol. The summed E-state index contributed by atoms with van der Waals surface area (Å²) in [5, 5.41) is 15.7. The first kappa shape index (κ1) is 16.4. The Hall–Kier alpha value is -1.63. The number of amides is 3. The minimum absolute atomic E-state index is 0.217. The highest BCUT2D eigenvalue weighted by Gasteiger charge is 2.13. The van der Waals surface area contributed by atoms with E-state index in [0.717, 1.165) is 6.42 Å². The molecule has 0 spiro atoms. The zero-order valence-corrected chi connectivity index (χ0v) is 10.9. The summed E-state index contributed by atoms with van der Waals surface area (Å²) < 4.78 is 0. The molecule has 0 aliphatic rings. The number of carbonyl (C=O) groups excluding carboxylic acids is 2. The van der Waals surface area contributed by atoms with Crippen molar-refractivity contribution in [1.82, 2.24) is 16.0 Å². The van der Waals surface area contributed by atoms with Gasteiger partial charge >= 0.3 is 12.0 Å². The third-order valence-electron chi connectivity index (χ3n) is 2.20. The van der Waals surface area contributed by atoms with Crippen LogP contribution in [-0.4, -0.2) is 42.1 Å². The minimum atomic E-state index is -1.05. The van der Waals surface area contributed by atoms with Gasteiger partial charge in [-0.15, -0.1) is 0 Å². The molecule has 4 N–H and O–H groups in total. The molecule has 0 unspecified atom stereocenters. The summed E-state index contributed by atoms with van der Waals surface area (Å²) in [5.41, 5.74) is 0. The maximum absolute atomic E-state index is 11.3. The fraction of sp³-hybridized carbons (Fsp3) is 0.727. The van der Waals surface area contributed by atoms with E-state index in [2.05, 4.69) is 16.0 Å². The molecule has 0 saturated carbocycles. The predicted molar refractivity (Wildman–Crippen MR) is 66.1 cm³/mol. The number of carboxylic acid groups (broad SMARTS) is 1. The minimum Gasteiger partial charge on any atom is -0.480 e. The van der Waals surface area contributed by atoms with Gasteiger partial charge in [0.25, 0.3) is 0 Å². The largest absolute Gasteiger partial charge is 0.480 e. The van der Waals surface area contributed by atoms with E-state index < -0.39 is 23.9 Å². The van der Waals surface area contributed by atoms with E-state index in [1.165, 1.54) is 6.92 Å². The SMILES string of the molecule is CC(C)CCNC(=O)NC(=O)CN[C@H](C)C(=O)O. The summed E-state index contributed by atoms with van der Waals surface area (Å²) in [5.74, 6) is -1.14. The van der Waals surface area contributed by atoms with Gasteiger partial charge < -0.3 is 10.4 Å². The fourth-order valence-corrected chi connectivity index (χ4v) is 1.02. The van der Waals surface area contributed by atoms with Crippen molar-refractivity contribution in [2.75, 3.05) is 13.1 Å². The first-order valence-electron chi connectivity index (χ1n) is 5.86. The van der Waals surface area contributed by atoms with Gasteiger partial charge in [-0.3, -0.25) is 20.2 Å². The van der Waals surface area contributed by atoms with Crippen molar-refractivity contribution < 1.29 is 19.5 Å². The summed E-state index contributed by atoms with van der Waals surface area (Å²) in [6.45, 7) is 5.75. The molecule has 7 nitrogen and oxygen atoms in total. The lowest BCUT2D eigenvalue weighted by atomic mass is 10.1. The number of hydrogen-bond acceptors (Lipinski definition) is 4. The number of nitrogens with one attached hydrogen (secondary N) is 3. The highest BCUT2D eigenvalue weighted by atomic mass is 16.4. The van der Waals surface area contributed by atoms with Crippen LogP contribution in [0.25, 0.3) is 0 Å². The number of carbonyl (C=O) groups is 3. The van der Waals surface area contributed by atoms with Crippen molar-refractivity contribution in [3.05, 3.63) is 0 Å². The number of aliphatic carboxylic acids is 1. The lowest BCUT2D eigenvalue weighted by Gasteiger charge is -2.10. The van der Waals surface area contributed by atoms with Gasteiger partial charge in [0.2, 0.25) is 5.91 Å². The van der Waals surface area contributed by atoms with Crippen molar-refractivity contribution >= 4 is 17.9 Å². The third-order valence-corrected chi connectivity index (χ3v) is 2.20. The lowest BCUT2D eigenvalue weighted by molar-refractivity contribution is -0.139. The van der Waals surface area contributed by atoms with Crippen LogP contribution in [0.15, 0.2) is 0 Å². The molecule has 0 fully saturated rings. The van der Waals surface area contributed by atoms with E-state index in [1.807, 2.05) is 13.8 Å². The Morgan fingerprint density at radius 2 is 1.78 bits per heavy atom. The Labute approximate surface area is 106 Å². The van der Waals surface area contributed by atoms with Crippen molar-refractivity contribution in [1.29, 1.82) is 0 Å². The van der Waals surface area contributed by atoms with Crippen LogP contribution >= 0.6 is 0 Å². The molecule has 0 saturated heterocycles. The second-order valence-corrected chi connectivity index (χ2v) is 4.43. The molecule has 0 radical (unpaired) electrons. The maximum atomic E-state index is 11.3. The average molecular weight is 259 g/mol. The van der Waals surface area contributed by atoms with Crippen LogP contribution < -0.4 is 16.0 Å². The van der Waals surface area contributed by atoms with Crippen molar-refractivity contribution in [2.24, 2.45) is 5.92 Å². The van der Waals surface area contributed by atoms with Crippen LogP contribution in [-0.2, 0) is 9.59 Å². The molecule has 0 aromatic carbocycles. The highest BCUT2D eigenvalue weighted by Crippen LogP contribution is 1.95. The average Bonchev–Trinajstić information content (AvgIpc) is 2.24. The first-order valence-corrected chi connectivity index (χ1v) is 5.86. The molecule has 0 aliphatic heterocycles. The standard InChI is InChI=1S/C11H21N3O4/c1-7(2)4-5-12-11(18)14-9(15)6-13-8(3)10(16)17/h7-8,13H,4-6H2,1-3H3,(H,16,17)(H2,12,14,15,18)/t8-/m1/s1.